The van der Waals surface area contributed by atoms with E-state index in [0.717, 1.165) is 12.1 Å². The molecule has 0 spiro atoms. The van der Waals surface area contributed by atoms with E-state index in [1.165, 1.54) is 24.3 Å². The molecule has 0 bridgehead atoms. The highest BCUT2D eigenvalue weighted by Crippen LogP contribution is 2.32. The molecule has 88 valence electrons. The summed E-state index contributed by atoms with van der Waals surface area (Å²) in [4.78, 5) is 10.9. The molecule has 0 atom stereocenters. The number of benzene rings is 2. The quantitative estimate of drug-likeness (QED) is 0.827. The van der Waals surface area contributed by atoms with E-state index in [-0.39, 0.29) is 10.9 Å². The molecular weight excluding hydrogens is 233 g/mol. The molecule has 2 aromatic carbocycles. The fourth-order valence-corrected chi connectivity index (χ4v) is 1.65. The van der Waals surface area contributed by atoms with Gasteiger partial charge in [0.1, 0.15) is 0 Å². The maximum atomic E-state index is 12.5. The standard InChI is InChI=1S/C12H7F3O2/c13-12(14,15)8-4-5-9-7(6-8)2-1-3-10(9)11(16)17/h1-6H,(H,16,17). The monoisotopic (exact) mass is 240 g/mol. The molecule has 0 aliphatic rings. The van der Waals surface area contributed by atoms with Gasteiger partial charge in [0.2, 0.25) is 0 Å². The molecule has 0 fully saturated rings. The van der Waals surface area contributed by atoms with Gasteiger partial charge in [0.25, 0.3) is 0 Å². The van der Waals surface area contributed by atoms with E-state index < -0.39 is 17.7 Å². The molecule has 1 N–H and O–H groups in total. The molecule has 2 nitrogen and oxygen atoms in total. The first-order chi connectivity index (χ1) is 7.89. The molecule has 2 rings (SSSR count). The minimum atomic E-state index is -4.42. The van der Waals surface area contributed by atoms with Crippen molar-refractivity contribution < 1.29 is 23.1 Å². The van der Waals surface area contributed by atoms with Crippen LogP contribution < -0.4 is 0 Å². The Morgan fingerprint density at radius 2 is 1.82 bits per heavy atom. The van der Waals surface area contributed by atoms with Crippen molar-refractivity contribution in [2.24, 2.45) is 0 Å². The summed E-state index contributed by atoms with van der Waals surface area (Å²) >= 11 is 0. The van der Waals surface area contributed by atoms with E-state index in [1.807, 2.05) is 0 Å². The van der Waals surface area contributed by atoms with Crippen molar-refractivity contribution in [3.8, 4) is 0 Å². The van der Waals surface area contributed by atoms with Gasteiger partial charge in [-0.3, -0.25) is 0 Å². The summed E-state index contributed by atoms with van der Waals surface area (Å²) in [5.74, 6) is -1.16. The van der Waals surface area contributed by atoms with Crippen LogP contribution in [0.3, 0.4) is 0 Å². The van der Waals surface area contributed by atoms with Crippen LogP contribution in [-0.4, -0.2) is 11.1 Å². The summed E-state index contributed by atoms with van der Waals surface area (Å²) in [7, 11) is 0. The Morgan fingerprint density at radius 1 is 1.12 bits per heavy atom. The number of carboxylic acids is 1. The van der Waals surface area contributed by atoms with Crippen molar-refractivity contribution >= 4 is 16.7 Å². The fraction of sp³-hybridized carbons (Fsp3) is 0.0833. The zero-order chi connectivity index (χ0) is 12.6. The van der Waals surface area contributed by atoms with E-state index in [2.05, 4.69) is 0 Å². The highest BCUT2D eigenvalue weighted by molar-refractivity contribution is 6.03. The topological polar surface area (TPSA) is 37.3 Å². The number of alkyl halides is 3. The Kier molecular flexibility index (Phi) is 2.53. The zero-order valence-corrected chi connectivity index (χ0v) is 8.45. The molecule has 0 saturated heterocycles. The summed E-state index contributed by atoms with van der Waals surface area (Å²) in [5.41, 5.74) is -0.788. The number of fused-ring (bicyclic) bond motifs is 1. The molecule has 0 aromatic heterocycles. The molecule has 0 aliphatic heterocycles. The van der Waals surface area contributed by atoms with Crippen molar-refractivity contribution in [1.82, 2.24) is 0 Å². The first-order valence-electron chi connectivity index (χ1n) is 4.73. The Bertz CT molecular complexity index is 588. The van der Waals surface area contributed by atoms with Crippen molar-refractivity contribution in [2.45, 2.75) is 6.18 Å². The molecule has 2 aromatic rings. The number of hydrogen-bond acceptors (Lipinski definition) is 1. The third-order valence-electron chi connectivity index (χ3n) is 2.44. The van der Waals surface area contributed by atoms with Gasteiger partial charge in [-0.05, 0) is 29.0 Å². The van der Waals surface area contributed by atoms with Crippen LogP contribution in [0.5, 0.6) is 0 Å². The molecule has 0 radical (unpaired) electrons. The minimum absolute atomic E-state index is 0.00350. The van der Waals surface area contributed by atoms with Crippen LogP contribution in [0.1, 0.15) is 15.9 Å². The predicted octanol–water partition coefficient (Wildman–Crippen LogP) is 3.56. The second-order valence-corrected chi connectivity index (χ2v) is 3.54. The number of carbonyl (C=O) groups is 1. The Balaban J connectivity index is 2.69. The second kappa shape index (κ2) is 3.76. The van der Waals surface area contributed by atoms with Gasteiger partial charge in [-0.25, -0.2) is 4.79 Å². The second-order valence-electron chi connectivity index (χ2n) is 3.54. The van der Waals surface area contributed by atoms with Gasteiger partial charge in [0.05, 0.1) is 11.1 Å². The SMILES string of the molecule is O=C(O)c1cccc2cc(C(F)(F)F)ccc12. The summed E-state index contributed by atoms with van der Waals surface area (Å²) < 4.78 is 37.4. The van der Waals surface area contributed by atoms with E-state index in [4.69, 9.17) is 5.11 Å². The van der Waals surface area contributed by atoms with E-state index in [1.54, 1.807) is 0 Å². The molecule has 17 heavy (non-hydrogen) atoms. The molecule has 0 saturated carbocycles. The van der Waals surface area contributed by atoms with Gasteiger partial charge in [-0.15, -0.1) is 0 Å². The number of aromatic carboxylic acids is 1. The van der Waals surface area contributed by atoms with Gasteiger partial charge in [-0.2, -0.15) is 13.2 Å². The first kappa shape index (κ1) is 11.4. The van der Waals surface area contributed by atoms with Crippen LogP contribution in [0.2, 0.25) is 0 Å². The van der Waals surface area contributed by atoms with Crippen LogP contribution in [-0.2, 0) is 6.18 Å². The normalized spacial score (nSPS) is 11.7. The van der Waals surface area contributed by atoms with Gasteiger partial charge < -0.3 is 5.11 Å². The van der Waals surface area contributed by atoms with Gasteiger partial charge in [-0.1, -0.05) is 18.2 Å². The molecule has 5 heteroatoms. The van der Waals surface area contributed by atoms with Gasteiger partial charge in [0.15, 0.2) is 0 Å². The van der Waals surface area contributed by atoms with Crippen molar-refractivity contribution in [1.29, 1.82) is 0 Å². The first-order valence-corrected chi connectivity index (χ1v) is 4.73. The number of halogens is 3. The van der Waals surface area contributed by atoms with Gasteiger partial charge >= 0.3 is 12.1 Å². The number of carboxylic acid groups (broad SMARTS) is 1. The summed E-state index contributed by atoms with van der Waals surface area (Å²) in [5, 5.41) is 9.45. The zero-order valence-electron chi connectivity index (χ0n) is 8.45. The third kappa shape index (κ3) is 2.08. The smallest absolute Gasteiger partial charge is 0.416 e. The largest absolute Gasteiger partial charge is 0.478 e. The van der Waals surface area contributed by atoms with E-state index in [9.17, 15) is 18.0 Å². The van der Waals surface area contributed by atoms with Crippen LogP contribution in [0.4, 0.5) is 13.2 Å². The Hall–Kier alpha value is -2.04. The summed E-state index contributed by atoms with van der Waals surface area (Å²) in [6, 6.07) is 7.25. The molecule has 0 heterocycles. The van der Waals surface area contributed by atoms with Gasteiger partial charge in [0, 0.05) is 0 Å². The molecule has 0 aliphatic carbocycles. The lowest BCUT2D eigenvalue weighted by molar-refractivity contribution is -0.137. The van der Waals surface area contributed by atoms with Crippen LogP contribution >= 0.6 is 0 Å². The Labute approximate surface area is 94.3 Å². The predicted molar refractivity (Wildman–Crippen MR) is 55.9 cm³/mol. The highest BCUT2D eigenvalue weighted by atomic mass is 19.4. The van der Waals surface area contributed by atoms with Crippen molar-refractivity contribution in [3.63, 3.8) is 0 Å². The molecule has 0 amide bonds. The number of rotatable bonds is 1. The Morgan fingerprint density at radius 3 is 2.41 bits per heavy atom. The minimum Gasteiger partial charge on any atom is -0.478 e. The lowest BCUT2D eigenvalue weighted by Gasteiger charge is -2.08. The lowest BCUT2D eigenvalue weighted by atomic mass is 10.0. The maximum absolute atomic E-state index is 12.5. The van der Waals surface area contributed by atoms with E-state index in [0.29, 0.717) is 5.39 Å². The average molecular weight is 240 g/mol. The lowest BCUT2D eigenvalue weighted by Crippen LogP contribution is -2.05. The summed E-state index contributed by atoms with van der Waals surface area (Å²) in [6.07, 6.45) is -4.42. The fourth-order valence-electron chi connectivity index (χ4n) is 1.65. The number of hydrogen-bond donors (Lipinski definition) is 1. The highest BCUT2D eigenvalue weighted by Gasteiger charge is 2.30. The van der Waals surface area contributed by atoms with Crippen molar-refractivity contribution in [2.75, 3.05) is 0 Å². The maximum Gasteiger partial charge on any atom is 0.416 e. The van der Waals surface area contributed by atoms with Crippen LogP contribution in [0, 0.1) is 0 Å². The van der Waals surface area contributed by atoms with Crippen molar-refractivity contribution in [3.05, 3.63) is 47.5 Å². The average Bonchev–Trinajstić information content (AvgIpc) is 2.26. The molecular formula is C12H7F3O2. The third-order valence-corrected chi connectivity index (χ3v) is 2.44. The summed E-state index contributed by atoms with van der Waals surface area (Å²) in [6.45, 7) is 0. The van der Waals surface area contributed by atoms with Crippen LogP contribution in [0.25, 0.3) is 10.8 Å². The molecule has 0 unspecified atom stereocenters. The van der Waals surface area contributed by atoms with Crippen LogP contribution in [0.15, 0.2) is 36.4 Å². The van der Waals surface area contributed by atoms with E-state index >= 15 is 0 Å².